The van der Waals surface area contributed by atoms with Gasteiger partial charge in [-0.05, 0) is 36.8 Å². The average Bonchev–Trinajstić information content (AvgIpc) is 2.70. The molecular formula is C20H29N5O2. The first kappa shape index (κ1) is 20.4. The third-order valence-corrected chi connectivity index (χ3v) is 3.90. The number of rotatable bonds is 8. The van der Waals surface area contributed by atoms with Crippen LogP contribution in [-0.2, 0) is 13.1 Å². The number of hydrogen-bond acceptors (Lipinski definition) is 5. The van der Waals surface area contributed by atoms with Crippen molar-refractivity contribution in [1.29, 1.82) is 0 Å². The van der Waals surface area contributed by atoms with Gasteiger partial charge in [-0.25, -0.2) is 9.98 Å². The highest BCUT2D eigenvalue weighted by atomic mass is 16.5. The van der Waals surface area contributed by atoms with Crippen LogP contribution in [0.5, 0.6) is 11.5 Å². The Balaban J connectivity index is 2.05. The summed E-state index contributed by atoms with van der Waals surface area (Å²) in [6, 6.07) is 11.8. The van der Waals surface area contributed by atoms with Gasteiger partial charge >= 0.3 is 0 Å². The number of nitrogens with zero attached hydrogens (tertiary/aromatic N) is 3. The van der Waals surface area contributed by atoms with Gasteiger partial charge in [0.1, 0.15) is 5.82 Å². The molecule has 2 aromatic rings. The Hall–Kier alpha value is -2.96. The Morgan fingerprint density at radius 3 is 2.52 bits per heavy atom. The second-order valence-electron chi connectivity index (χ2n) is 6.12. The Morgan fingerprint density at radius 2 is 1.85 bits per heavy atom. The maximum absolute atomic E-state index is 5.35. The molecule has 1 heterocycles. The number of ether oxygens (including phenoxy) is 2. The summed E-state index contributed by atoms with van der Waals surface area (Å²) in [5, 5.41) is 6.58. The summed E-state index contributed by atoms with van der Waals surface area (Å²) in [4.78, 5) is 11.2. The van der Waals surface area contributed by atoms with Crippen molar-refractivity contribution in [3.05, 3.63) is 47.7 Å². The van der Waals surface area contributed by atoms with E-state index in [9.17, 15) is 0 Å². The van der Waals surface area contributed by atoms with Gasteiger partial charge in [0.05, 0.1) is 33.0 Å². The van der Waals surface area contributed by atoms with Gasteiger partial charge in [0, 0.05) is 20.6 Å². The quantitative estimate of drug-likeness (QED) is 0.549. The number of methoxy groups -OCH3 is 2. The SMILES string of the molecule is CCNC(=NCc1ccc(OC)c(OC)c1)NCc1cccc(N(C)C)n1. The van der Waals surface area contributed by atoms with Crippen LogP contribution in [0.15, 0.2) is 41.4 Å². The molecule has 0 aliphatic rings. The molecule has 7 nitrogen and oxygen atoms in total. The van der Waals surface area contributed by atoms with Gasteiger partial charge in [-0.3, -0.25) is 0 Å². The molecular weight excluding hydrogens is 342 g/mol. The molecule has 27 heavy (non-hydrogen) atoms. The maximum Gasteiger partial charge on any atom is 0.191 e. The van der Waals surface area contributed by atoms with E-state index in [2.05, 4.69) is 20.6 Å². The normalized spacial score (nSPS) is 11.1. The van der Waals surface area contributed by atoms with Crippen molar-refractivity contribution in [2.24, 2.45) is 4.99 Å². The van der Waals surface area contributed by atoms with Crippen molar-refractivity contribution >= 4 is 11.8 Å². The van der Waals surface area contributed by atoms with Crippen molar-refractivity contribution in [1.82, 2.24) is 15.6 Å². The van der Waals surface area contributed by atoms with Crippen LogP contribution < -0.4 is 25.0 Å². The number of hydrogen-bond donors (Lipinski definition) is 2. The summed E-state index contributed by atoms with van der Waals surface area (Å²) >= 11 is 0. The van der Waals surface area contributed by atoms with Crippen LogP contribution in [0, 0.1) is 0 Å². The van der Waals surface area contributed by atoms with E-state index in [4.69, 9.17) is 9.47 Å². The van der Waals surface area contributed by atoms with Crippen LogP contribution in [0.25, 0.3) is 0 Å². The molecule has 146 valence electrons. The fourth-order valence-corrected chi connectivity index (χ4v) is 2.48. The topological polar surface area (TPSA) is 71.0 Å². The Labute approximate surface area is 161 Å². The van der Waals surface area contributed by atoms with E-state index in [0.717, 1.165) is 29.6 Å². The summed E-state index contributed by atoms with van der Waals surface area (Å²) in [5.74, 6) is 3.08. The van der Waals surface area contributed by atoms with Crippen LogP contribution in [-0.4, -0.2) is 45.8 Å². The van der Waals surface area contributed by atoms with Crippen molar-refractivity contribution in [2.75, 3.05) is 39.8 Å². The summed E-state index contributed by atoms with van der Waals surface area (Å²) in [7, 11) is 7.22. The molecule has 1 aromatic heterocycles. The second kappa shape index (κ2) is 10.3. The Bertz CT molecular complexity index is 762. The first-order chi connectivity index (χ1) is 13.1. The largest absolute Gasteiger partial charge is 0.493 e. The molecule has 0 saturated carbocycles. The van der Waals surface area contributed by atoms with Gasteiger partial charge in [-0.1, -0.05) is 12.1 Å². The van der Waals surface area contributed by atoms with E-state index in [1.165, 1.54) is 0 Å². The van der Waals surface area contributed by atoms with Crippen LogP contribution in [0.2, 0.25) is 0 Å². The van der Waals surface area contributed by atoms with E-state index < -0.39 is 0 Å². The molecule has 7 heteroatoms. The summed E-state index contributed by atoms with van der Waals surface area (Å²) in [6.07, 6.45) is 0. The maximum atomic E-state index is 5.35. The number of guanidine groups is 1. The predicted molar refractivity (Wildman–Crippen MR) is 110 cm³/mol. The molecule has 0 aliphatic carbocycles. The van der Waals surface area contributed by atoms with Crippen molar-refractivity contribution in [2.45, 2.75) is 20.0 Å². The molecule has 0 radical (unpaired) electrons. The number of aromatic nitrogens is 1. The van der Waals surface area contributed by atoms with Crippen LogP contribution in [0.4, 0.5) is 5.82 Å². The molecule has 0 atom stereocenters. The first-order valence-electron chi connectivity index (χ1n) is 8.93. The lowest BCUT2D eigenvalue weighted by atomic mass is 10.2. The number of benzene rings is 1. The molecule has 2 N–H and O–H groups in total. The van der Waals surface area contributed by atoms with Crippen molar-refractivity contribution in [3.63, 3.8) is 0 Å². The Kier molecular flexibility index (Phi) is 7.73. The minimum Gasteiger partial charge on any atom is -0.493 e. The first-order valence-corrected chi connectivity index (χ1v) is 8.93. The van der Waals surface area contributed by atoms with Gasteiger partial charge in [0.15, 0.2) is 17.5 Å². The number of pyridine rings is 1. The van der Waals surface area contributed by atoms with Crippen LogP contribution in [0.1, 0.15) is 18.2 Å². The highest BCUT2D eigenvalue weighted by Gasteiger charge is 2.05. The molecule has 0 bridgehead atoms. The van der Waals surface area contributed by atoms with Gasteiger partial charge in [-0.2, -0.15) is 0 Å². The molecule has 0 amide bonds. The van der Waals surface area contributed by atoms with Gasteiger partial charge in [0.2, 0.25) is 0 Å². The number of nitrogens with one attached hydrogen (secondary N) is 2. The molecule has 0 fully saturated rings. The lowest BCUT2D eigenvalue weighted by Gasteiger charge is -2.14. The molecule has 0 spiro atoms. The van der Waals surface area contributed by atoms with Crippen LogP contribution >= 0.6 is 0 Å². The highest BCUT2D eigenvalue weighted by molar-refractivity contribution is 5.79. The van der Waals surface area contributed by atoms with E-state index in [0.29, 0.717) is 24.6 Å². The zero-order valence-electron chi connectivity index (χ0n) is 16.7. The van der Waals surface area contributed by atoms with Gasteiger partial charge in [0.25, 0.3) is 0 Å². The highest BCUT2D eigenvalue weighted by Crippen LogP contribution is 2.27. The smallest absolute Gasteiger partial charge is 0.191 e. The average molecular weight is 371 g/mol. The van der Waals surface area contributed by atoms with E-state index in [1.807, 2.05) is 62.3 Å². The minimum absolute atomic E-state index is 0.529. The second-order valence-corrected chi connectivity index (χ2v) is 6.12. The van der Waals surface area contributed by atoms with E-state index in [1.54, 1.807) is 14.2 Å². The summed E-state index contributed by atoms with van der Waals surface area (Å²) in [6.45, 7) is 3.95. The minimum atomic E-state index is 0.529. The summed E-state index contributed by atoms with van der Waals surface area (Å²) < 4.78 is 10.6. The lowest BCUT2D eigenvalue weighted by Crippen LogP contribution is -2.37. The fourth-order valence-electron chi connectivity index (χ4n) is 2.48. The fraction of sp³-hybridized carbons (Fsp3) is 0.400. The Morgan fingerprint density at radius 1 is 1.07 bits per heavy atom. The number of aliphatic imine (C=N–C) groups is 1. The van der Waals surface area contributed by atoms with Crippen molar-refractivity contribution < 1.29 is 9.47 Å². The van der Waals surface area contributed by atoms with Gasteiger partial charge < -0.3 is 25.0 Å². The van der Waals surface area contributed by atoms with E-state index >= 15 is 0 Å². The monoisotopic (exact) mass is 371 g/mol. The number of anilines is 1. The molecule has 0 saturated heterocycles. The lowest BCUT2D eigenvalue weighted by molar-refractivity contribution is 0.354. The molecule has 0 aliphatic heterocycles. The van der Waals surface area contributed by atoms with Crippen molar-refractivity contribution in [3.8, 4) is 11.5 Å². The standard InChI is InChI=1S/C20H29N5O2/c1-6-21-20(23-14-16-8-7-9-19(24-16)25(2)3)22-13-15-10-11-17(26-4)18(12-15)27-5/h7-12H,6,13-14H2,1-5H3,(H2,21,22,23). The third-order valence-electron chi connectivity index (χ3n) is 3.90. The predicted octanol–water partition coefficient (Wildman–Crippen LogP) is 2.42. The van der Waals surface area contributed by atoms with E-state index in [-0.39, 0.29) is 0 Å². The molecule has 0 unspecified atom stereocenters. The third kappa shape index (κ3) is 6.06. The zero-order valence-corrected chi connectivity index (χ0v) is 16.7. The molecule has 2 rings (SSSR count). The molecule has 1 aromatic carbocycles. The van der Waals surface area contributed by atoms with Crippen LogP contribution in [0.3, 0.4) is 0 Å². The van der Waals surface area contributed by atoms with Gasteiger partial charge in [-0.15, -0.1) is 0 Å². The summed E-state index contributed by atoms with van der Waals surface area (Å²) in [5.41, 5.74) is 2.00. The zero-order chi connectivity index (χ0) is 19.6.